The fraction of sp³-hybridized carbons (Fsp3) is 0. The first-order valence-electron chi connectivity index (χ1n) is 5.39. The molecule has 2 aromatic rings. The summed E-state index contributed by atoms with van der Waals surface area (Å²) in [7, 11) is 0. The van der Waals surface area contributed by atoms with Gasteiger partial charge in [0.25, 0.3) is 16.7 Å². The Morgan fingerprint density at radius 1 is 1.14 bits per heavy atom. The van der Waals surface area contributed by atoms with Crippen LogP contribution in [0.5, 0.6) is 10.8 Å². The second kappa shape index (κ2) is 5.54. The average molecular weight is 309 g/mol. The molecule has 0 aliphatic rings. The summed E-state index contributed by atoms with van der Waals surface area (Å²) >= 11 is 0.729. The Balaban J connectivity index is 2.32. The third-order valence-corrected chi connectivity index (χ3v) is 3.39. The Bertz CT molecular complexity index is 724. The molecular weight excluding hydrogens is 302 g/mol. The normalized spacial score (nSPS) is 10.1. The van der Waals surface area contributed by atoms with E-state index in [1.807, 2.05) is 0 Å². The van der Waals surface area contributed by atoms with Gasteiger partial charge < -0.3 is 10.5 Å². The number of nitro groups is 2. The number of amides is 1. The minimum atomic E-state index is -0.804. The van der Waals surface area contributed by atoms with Crippen LogP contribution in [0.2, 0.25) is 0 Å². The fourth-order valence-electron chi connectivity index (χ4n) is 1.43. The molecule has 1 amide bonds. The van der Waals surface area contributed by atoms with Gasteiger partial charge in [-0.25, -0.2) is 0 Å². The van der Waals surface area contributed by atoms with E-state index in [4.69, 9.17) is 10.5 Å². The van der Waals surface area contributed by atoms with Gasteiger partial charge in [-0.05, 0) is 12.1 Å². The molecule has 2 rings (SSSR count). The molecule has 9 nitrogen and oxygen atoms in total. The van der Waals surface area contributed by atoms with Crippen molar-refractivity contribution >= 4 is 28.6 Å². The van der Waals surface area contributed by atoms with E-state index in [9.17, 15) is 25.0 Å². The summed E-state index contributed by atoms with van der Waals surface area (Å²) in [4.78, 5) is 31.1. The quantitative estimate of drug-likeness (QED) is 0.664. The number of hydrogen-bond donors (Lipinski definition) is 1. The lowest BCUT2D eigenvalue weighted by molar-refractivity contribution is -0.385. The molecule has 0 bridgehead atoms. The lowest BCUT2D eigenvalue weighted by Crippen LogP contribution is -2.08. The summed E-state index contributed by atoms with van der Waals surface area (Å²) in [6.45, 7) is 0. The van der Waals surface area contributed by atoms with Crippen LogP contribution < -0.4 is 10.5 Å². The Kier molecular flexibility index (Phi) is 3.80. The first kappa shape index (κ1) is 14.4. The number of carbonyl (C=O) groups excluding carboxylic acids is 1. The van der Waals surface area contributed by atoms with E-state index < -0.39 is 21.4 Å². The number of rotatable bonds is 5. The third-order valence-electron chi connectivity index (χ3n) is 2.38. The van der Waals surface area contributed by atoms with Crippen molar-refractivity contribution in [2.45, 2.75) is 0 Å². The number of benzene rings is 1. The number of nitrogens with two attached hydrogens (primary N) is 1. The van der Waals surface area contributed by atoms with Crippen molar-refractivity contribution in [3.63, 3.8) is 0 Å². The number of carbonyl (C=O) groups is 1. The topological polar surface area (TPSA) is 139 Å². The van der Waals surface area contributed by atoms with Crippen molar-refractivity contribution < 1.29 is 19.4 Å². The van der Waals surface area contributed by atoms with Crippen LogP contribution in [0.15, 0.2) is 30.3 Å². The van der Waals surface area contributed by atoms with Crippen LogP contribution in [0.4, 0.5) is 11.4 Å². The second-order valence-corrected chi connectivity index (χ2v) is 4.77. The Morgan fingerprint density at radius 2 is 1.76 bits per heavy atom. The first-order chi connectivity index (χ1) is 9.88. The maximum atomic E-state index is 11.0. The van der Waals surface area contributed by atoms with E-state index >= 15 is 0 Å². The van der Waals surface area contributed by atoms with Crippen molar-refractivity contribution in [3.05, 3.63) is 55.4 Å². The maximum absolute atomic E-state index is 11.0. The Morgan fingerprint density at radius 3 is 2.24 bits per heavy atom. The molecule has 0 unspecified atom stereocenters. The lowest BCUT2D eigenvalue weighted by Gasteiger charge is -2.01. The van der Waals surface area contributed by atoms with Crippen LogP contribution >= 0.6 is 11.3 Å². The van der Waals surface area contributed by atoms with Crippen LogP contribution in [0, 0.1) is 20.2 Å². The van der Waals surface area contributed by atoms with Gasteiger partial charge in [0.15, 0.2) is 0 Å². The summed E-state index contributed by atoms with van der Waals surface area (Å²) in [6.07, 6.45) is 0. The number of nitrogens with zero attached hydrogens (tertiary/aromatic N) is 2. The number of nitro benzene ring substituents is 1. The van der Waals surface area contributed by atoms with Gasteiger partial charge >= 0.3 is 5.69 Å². The molecule has 108 valence electrons. The molecule has 1 heterocycles. The molecule has 2 N–H and O–H groups in total. The van der Waals surface area contributed by atoms with E-state index in [0.29, 0.717) is 0 Å². The molecule has 0 radical (unpaired) electrons. The summed E-state index contributed by atoms with van der Waals surface area (Å²) in [5, 5.41) is 21.3. The minimum absolute atomic E-state index is 0.0152. The zero-order valence-electron chi connectivity index (χ0n) is 10.2. The molecular formula is C11H7N3O6S. The van der Waals surface area contributed by atoms with Crippen molar-refractivity contribution in [3.8, 4) is 10.8 Å². The molecule has 0 aliphatic heterocycles. The summed E-state index contributed by atoms with van der Waals surface area (Å²) in [6, 6.07) is 6.01. The van der Waals surface area contributed by atoms with Gasteiger partial charge in [0, 0.05) is 18.2 Å². The number of primary amides is 1. The second-order valence-electron chi connectivity index (χ2n) is 3.76. The molecule has 0 saturated carbocycles. The molecule has 1 aromatic carbocycles. The van der Waals surface area contributed by atoms with Gasteiger partial charge in [0.05, 0.1) is 9.85 Å². The highest BCUT2D eigenvalue weighted by Gasteiger charge is 2.23. The first-order valence-corrected chi connectivity index (χ1v) is 6.20. The standard InChI is InChI=1S/C11H7N3O6S/c12-10(15)9-5-8(14(18)19)11(21-9)20-7-3-1-6(2-4-7)13(16)17/h1-5H,(H2,12,15). The van der Waals surface area contributed by atoms with Gasteiger partial charge in [0.1, 0.15) is 10.6 Å². The lowest BCUT2D eigenvalue weighted by atomic mass is 10.3. The zero-order valence-corrected chi connectivity index (χ0v) is 11.0. The molecule has 21 heavy (non-hydrogen) atoms. The maximum Gasteiger partial charge on any atom is 0.323 e. The summed E-state index contributed by atoms with van der Waals surface area (Å²) < 4.78 is 5.28. The highest BCUT2D eigenvalue weighted by Crippen LogP contribution is 2.39. The van der Waals surface area contributed by atoms with Crippen molar-refractivity contribution in [2.24, 2.45) is 5.73 Å². The molecule has 0 spiro atoms. The predicted molar refractivity (Wildman–Crippen MR) is 72.7 cm³/mol. The van der Waals surface area contributed by atoms with Crippen LogP contribution in [0.1, 0.15) is 9.67 Å². The van der Waals surface area contributed by atoms with Crippen LogP contribution in [-0.2, 0) is 0 Å². The van der Waals surface area contributed by atoms with E-state index in [1.54, 1.807) is 0 Å². The van der Waals surface area contributed by atoms with E-state index in [2.05, 4.69) is 0 Å². The van der Waals surface area contributed by atoms with Crippen LogP contribution in [0.3, 0.4) is 0 Å². The van der Waals surface area contributed by atoms with Crippen molar-refractivity contribution in [1.82, 2.24) is 0 Å². The third kappa shape index (κ3) is 3.12. The smallest absolute Gasteiger partial charge is 0.323 e. The van der Waals surface area contributed by atoms with Crippen molar-refractivity contribution in [2.75, 3.05) is 0 Å². The minimum Gasteiger partial charge on any atom is -0.440 e. The largest absolute Gasteiger partial charge is 0.440 e. The highest BCUT2D eigenvalue weighted by molar-refractivity contribution is 7.16. The molecule has 0 atom stereocenters. The number of ether oxygens (including phenoxy) is 1. The monoisotopic (exact) mass is 309 g/mol. The summed E-state index contributed by atoms with van der Waals surface area (Å²) in [5.74, 6) is -0.636. The van der Waals surface area contributed by atoms with Gasteiger partial charge in [0.2, 0.25) is 0 Å². The van der Waals surface area contributed by atoms with Crippen molar-refractivity contribution in [1.29, 1.82) is 0 Å². The zero-order chi connectivity index (χ0) is 15.6. The molecule has 0 saturated heterocycles. The summed E-state index contributed by atoms with van der Waals surface area (Å²) in [5.41, 5.74) is 4.53. The molecule has 0 fully saturated rings. The van der Waals surface area contributed by atoms with E-state index in [1.165, 1.54) is 24.3 Å². The fourth-order valence-corrected chi connectivity index (χ4v) is 2.28. The molecule has 1 aromatic heterocycles. The van der Waals surface area contributed by atoms with Crippen LogP contribution in [0.25, 0.3) is 0 Å². The Hall–Kier alpha value is -3.01. The Labute approximate surface area is 120 Å². The average Bonchev–Trinajstić information content (AvgIpc) is 2.83. The number of thiophene rings is 1. The SMILES string of the molecule is NC(=O)c1cc([N+](=O)[O-])c(Oc2ccc([N+](=O)[O-])cc2)s1. The predicted octanol–water partition coefficient (Wildman–Crippen LogP) is 2.46. The van der Waals surface area contributed by atoms with Gasteiger partial charge in [-0.15, -0.1) is 0 Å². The van der Waals surface area contributed by atoms with E-state index in [-0.39, 0.29) is 21.4 Å². The highest BCUT2D eigenvalue weighted by atomic mass is 32.1. The molecule has 0 aliphatic carbocycles. The van der Waals surface area contributed by atoms with Gasteiger partial charge in [-0.2, -0.15) is 0 Å². The van der Waals surface area contributed by atoms with Crippen LogP contribution in [-0.4, -0.2) is 15.8 Å². The van der Waals surface area contributed by atoms with Gasteiger partial charge in [-0.1, -0.05) is 11.3 Å². The van der Waals surface area contributed by atoms with Gasteiger partial charge in [-0.3, -0.25) is 25.0 Å². The number of hydrogen-bond acceptors (Lipinski definition) is 7. The number of non-ortho nitro benzene ring substituents is 1. The molecule has 10 heteroatoms. The van der Waals surface area contributed by atoms with E-state index in [0.717, 1.165) is 17.4 Å².